The number of hydrogen-bond acceptors (Lipinski definition) is 7. The van der Waals surface area contributed by atoms with Crippen molar-refractivity contribution in [3.8, 4) is 0 Å². The highest BCUT2D eigenvalue weighted by atomic mass is 28.4. The first-order chi connectivity index (χ1) is 19.0. The molecule has 0 saturated heterocycles. The normalized spacial score (nSPS) is 20.6. The molecule has 4 N–H and O–H groups in total. The monoisotopic (exact) mass is 588 g/mol. The number of unbranched alkanes of at least 4 members (excludes halogenated alkanes) is 3. The molecule has 40 heavy (non-hydrogen) atoms. The first-order valence-electron chi connectivity index (χ1n) is 15.6. The van der Waals surface area contributed by atoms with E-state index in [-0.39, 0.29) is 29.0 Å². The van der Waals surface area contributed by atoms with E-state index in [9.17, 15) is 9.59 Å². The van der Waals surface area contributed by atoms with Crippen molar-refractivity contribution in [2.45, 2.75) is 112 Å². The molecule has 1 rings (SSSR count). The molecule has 0 spiro atoms. The van der Waals surface area contributed by atoms with Gasteiger partial charge in [0.05, 0.1) is 12.8 Å². The van der Waals surface area contributed by atoms with Crippen LogP contribution in [0.25, 0.3) is 0 Å². The second kappa shape index (κ2) is 19.7. The van der Waals surface area contributed by atoms with Gasteiger partial charge in [-0.3, -0.25) is 0 Å². The number of carbonyl (C=O) groups is 2. The summed E-state index contributed by atoms with van der Waals surface area (Å²) in [5.74, 6) is 0. The lowest BCUT2D eigenvalue weighted by atomic mass is 9.61. The summed E-state index contributed by atoms with van der Waals surface area (Å²) < 4.78 is 22.8. The highest BCUT2D eigenvalue weighted by Gasteiger charge is 2.42. The third-order valence-electron chi connectivity index (χ3n) is 7.22. The van der Waals surface area contributed by atoms with E-state index < -0.39 is 8.80 Å². The van der Waals surface area contributed by atoms with E-state index in [2.05, 4.69) is 42.0 Å². The highest BCUT2D eigenvalue weighted by Crippen LogP contribution is 2.47. The van der Waals surface area contributed by atoms with Crippen molar-refractivity contribution in [1.82, 2.24) is 21.3 Å². The lowest BCUT2D eigenvalue weighted by molar-refractivity contribution is 0.0602. The summed E-state index contributed by atoms with van der Waals surface area (Å²) in [7, 11) is -2.63. The number of ether oxygens (including phenoxy) is 1. The molecule has 10 nitrogen and oxygen atoms in total. The van der Waals surface area contributed by atoms with Gasteiger partial charge >= 0.3 is 20.9 Å². The SMILES string of the molecule is CCCOC(=O)NC1CC(C)(C)CC(C)(CCNC(=O)NCCCCCCNC[Si](OCC)(OCC)OCC)C1. The Bertz CT molecular complexity index is 697. The van der Waals surface area contributed by atoms with Gasteiger partial charge < -0.3 is 39.3 Å². The summed E-state index contributed by atoms with van der Waals surface area (Å²) in [6.45, 7) is 19.0. The van der Waals surface area contributed by atoms with Crippen molar-refractivity contribution < 1.29 is 27.6 Å². The van der Waals surface area contributed by atoms with Gasteiger partial charge in [0.15, 0.2) is 0 Å². The second-order valence-corrected chi connectivity index (χ2v) is 14.6. The maximum atomic E-state index is 12.3. The average Bonchev–Trinajstić information content (AvgIpc) is 2.85. The summed E-state index contributed by atoms with van der Waals surface area (Å²) in [4.78, 5) is 24.4. The van der Waals surface area contributed by atoms with Crippen LogP contribution in [0.4, 0.5) is 9.59 Å². The van der Waals surface area contributed by atoms with Gasteiger partial charge in [-0.15, -0.1) is 0 Å². The molecule has 1 aliphatic carbocycles. The van der Waals surface area contributed by atoms with Crippen LogP contribution in [0.5, 0.6) is 0 Å². The lowest BCUT2D eigenvalue weighted by Gasteiger charge is -2.47. The minimum atomic E-state index is -2.63. The fourth-order valence-electron chi connectivity index (χ4n) is 5.98. The fourth-order valence-corrected chi connectivity index (χ4v) is 8.34. The predicted octanol–water partition coefficient (Wildman–Crippen LogP) is 5.13. The van der Waals surface area contributed by atoms with E-state index in [4.69, 9.17) is 18.0 Å². The molecule has 0 aliphatic heterocycles. The molecule has 0 aromatic heterocycles. The highest BCUT2D eigenvalue weighted by molar-refractivity contribution is 6.60. The van der Waals surface area contributed by atoms with E-state index >= 15 is 0 Å². The topological polar surface area (TPSA) is 119 Å². The molecule has 1 saturated carbocycles. The van der Waals surface area contributed by atoms with E-state index in [0.29, 0.717) is 45.7 Å². The minimum Gasteiger partial charge on any atom is -0.450 e. The fraction of sp³-hybridized carbons (Fsp3) is 0.931. The van der Waals surface area contributed by atoms with Crippen molar-refractivity contribution >= 4 is 20.9 Å². The van der Waals surface area contributed by atoms with Gasteiger partial charge in [-0.2, -0.15) is 0 Å². The van der Waals surface area contributed by atoms with E-state index in [1.165, 1.54) is 0 Å². The van der Waals surface area contributed by atoms with E-state index in [1.807, 2.05) is 27.7 Å². The number of alkyl carbamates (subject to hydrolysis) is 1. The lowest BCUT2D eigenvalue weighted by Crippen LogP contribution is -2.54. The summed E-state index contributed by atoms with van der Waals surface area (Å²) >= 11 is 0. The van der Waals surface area contributed by atoms with Crippen molar-refractivity contribution in [2.75, 3.05) is 52.2 Å². The second-order valence-electron chi connectivity index (χ2n) is 12.0. The van der Waals surface area contributed by atoms with Crippen LogP contribution in [0, 0.1) is 10.8 Å². The number of nitrogens with one attached hydrogen (secondary N) is 4. The number of amides is 3. The number of carbonyl (C=O) groups excluding carboxylic acids is 2. The zero-order valence-corrected chi connectivity index (χ0v) is 27.5. The standard InChI is InChI=1S/C29H60N4O6Si/c1-8-20-36-27(35)33-25-21-28(5,6)23-29(7,22-25)16-19-32-26(34)31-18-15-13-12-14-17-30-24-40(37-9-2,38-10-3)39-11-4/h25,30H,8-24H2,1-7H3,(H,33,35)(H2,31,32,34). The Morgan fingerprint density at radius 1 is 0.825 bits per heavy atom. The van der Waals surface area contributed by atoms with Crippen LogP contribution in [0.15, 0.2) is 0 Å². The van der Waals surface area contributed by atoms with Crippen LogP contribution in [0.3, 0.4) is 0 Å². The van der Waals surface area contributed by atoms with Crippen LogP contribution in [-0.2, 0) is 18.0 Å². The Kier molecular flexibility index (Phi) is 18.0. The van der Waals surface area contributed by atoms with Crippen LogP contribution < -0.4 is 21.3 Å². The Balaban J connectivity index is 2.22. The predicted molar refractivity (Wildman–Crippen MR) is 162 cm³/mol. The summed E-state index contributed by atoms with van der Waals surface area (Å²) in [5.41, 5.74) is 0.163. The summed E-state index contributed by atoms with van der Waals surface area (Å²) in [6.07, 6.45) is 9.05. The van der Waals surface area contributed by atoms with Gasteiger partial charge in [0, 0.05) is 39.0 Å². The van der Waals surface area contributed by atoms with Crippen LogP contribution in [0.2, 0.25) is 0 Å². The molecule has 236 valence electrons. The molecule has 2 atom stereocenters. The molecule has 0 aromatic carbocycles. The molecule has 0 heterocycles. The maximum Gasteiger partial charge on any atom is 0.515 e. The van der Waals surface area contributed by atoms with E-state index in [1.54, 1.807) is 0 Å². The van der Waals surface area contributed by atoms with Gasteiger partial charge in [-0.05, 0) is 83.1 Å². The third-order valence-corrected chi connectivity index (χ3v) is 10.1. The largest absolute Gasteiger partial charge is 0.515 e. The summed E-state index contributed by atoms with van der Waals surface area (Å²) in [5, 5.41) is 12.5. The maximum absolute atomic E-state index is 12.3. The van der Waals surface area contributed by atoms with Crippen molar-refractivity contribution in [2.24, 2.45) is 10.8 Å². The zero-order chi connectivity index (χ0) is 29.9. The van der Waals surface area contributed by atoms with Crippen molar-refractivity contribution in [3.05, 3.63) is 0 Å². The first kappa shape index (κ1) is 36.6. The van der Waals surface area contributed by atoms with Gasteiger partial charge in [-0.25, -0.2) is 9.59 Å². The molecule has 1 fully saturated rings. The van der Waals surface area contributed by atoms with Gasteiger partial charge in [0.25, 0.3) is 0 Å². The molecule has 0 radical (unpaired) electrons. The van der Waals surface area contributed by atoms with Gasteiger partial charge in [0.2, 0.25) is 0 Å². The molecule has 0 aromatic rings. The van der Waals surface area contributed by atoms with Crippen molar-refractivity contribution in [1.29, 1.82) is 0 Å². The molecule has 0 bridgehead atoms. The molecule has 11 heteroatoms. The van der Waals surface area contributed by atoms with Crippen LogP contribution in [0.1, 0.15) is 106 Å². The third kappa shape index (κ3) is 15.6. The molecule has 2 unspecified atom stereocenters. The minimum absolute atomic E-state index is 0.0436. The summed E-state index contributed by atoms with van der Waals surface area (Å²) in [6, 6.07) is -0.0204. The Morgan fingerprint density at radius 3 is 2.02 bits per heavy atom. The van der Waals surface area contributed by atoms with Crippen LogP contribution in [-0.4, -0.2) is 79.2 Å². The quantitative estimate of drug-likeness (QED) is 0.108. The number of urea groups is 1. The van der Waals surface area contributed by atoms with Gasteiger partial charge in [-0.1, -0.05) is 40.5 Å². The van der Waals surface area contributed by atoms with Crippen molar-refractivity contribution in [3.63, 3.8) is 0 Å². The van der Waals surface area contributed by atoms with Gasteiger partial charge in [0.1, 0.15) is 0 Å². The molecular formula is C29H60N4O6Si. The first-order valence-corrected chi connectivity index (χ1v) is 17.5. The van der Waals surface area contributed by atoms with Crippen LogP contribution >= 0.6 is 0 Å². The average molecular weight is 589 g/mol. The zero-order valence-electron chi connectivity index (χ0n) is 26.5. The Hall–Kier alpha value is -1.40. The molecule has 3 amide bonds. The van der Waals surface area contributed by atoms with E-state index in [0.717, 1.165) is 64.3 Å². The molecule has 1 aliphatic rings. The Labute approximate surface area is 245 Å². The number of hydrogen-bond donors (Lipinski definition) is 4. The molecular weight excluding hydrogens is 528 g/mol. The Morgan fingerprint density at radius 2 is 1.43 bits per heavy atom. The smallest absolute Gasteiger partial charge is 0.450 e. The number of rotatable bonds is 21.